The number of anilines is 1. The minimum atomic E-state index is -2.75. The average molecular weight is 853 g/mol. The molecule has 9 atom stereocenters. The zero-order valence-electron chi connectivity index (χ0n) is 42.1. The second-order valence-electron chi connectivity index (χ2n) is 17.1. The molecule has 1 unspecified atom stereocenters. The van der Waals surface area contributed by atoms with Crippen LogP contribution in [0.1, 0.15) is 99.2 Å². The zero-order chi connectivity index (χ0) is 49.9. The normalized spacial score (nSPS) is 34.5. The molecule has 15 nitrogen and oxygen atoms in total. The minimum absolute atomic E-state index is 0.00194. The van der Waals surface area contributed by atoms with Gasteiger partial charge in [-0.15, -0.1) is 0 Å². The first-order valence-corrected chi connectivity index (χ1v) is 20.6. The number of ketones is 1. The smallest absolute Gasteiger partial charge is 0.312 e. The second-order valence-corrected chi connectivity index (χ2v) is 17.1. The van der Waals surface area contributed by atoms with Crippen molar-refractivity contribution in [3.05, 3.63) is 58.0 Å². The number of carbonyl (C=O) groups excluding carboxylic acids is 3. The Hall–Kier alpha value is -4.83. The molecule has 1 amide bonds. The number of nitrogens with zero attached hydrogens (tertiary/aromatic N) is 3. The number of hydrogen-bond acceptors (Lipinski definition) is 14. The molecule has 5 bridgehead atoms. The van der Waals surface area contributed by atoms with Crippen molar-refractivity contribution < 1.29 is 62.0 Å². The highest BCUT2D eigenvalue weighted by molar-refractivity contribution is 6.21. The predicted molar refractivity (Wildman–Crippen MR) is 228 cm³/mol. The Bertz CT molecular complexity index is 2510. The third kappa shape index (κ3) is 8.54. The van der Waals surface area contributed by atoms with E-state index < -0.39 is 108 Å². The summed E-state index contributed by atoms with van der Waals surface area (Å²) in [7, 11) is 1.43. The molecule has 5 aliphatic rings. The highest BCUT2D eigenvalue weighted by Crippen LogP contribution is 2.51. The van der Waals surface area contributed by atoms with Crippen molar-refractivity contribution in [1.82, 2.24) is 4.90 Å². The molecule has 5 aliphatic heterocycles. The number of aliphatic hydroxyl groups is 2. The number of carbonyl (C=O) groups is 3. The van der Waals surface area contributed by atoms with Crippen molar-refractivity contribution in [3.8, 4) is 17.2 Å². The number of ether oxygens (including phenoxy) is 4. The molecule has 0 radical (unpaired) electrons. The van der Waals surface area contributed by atoms with Gasteiger partial charge < -0.3 is 49.6 Å². The largest absolute Gasteiger partial charge is 0.507 e. The van der Waals surface area contributed by atoms with Crippen LogP contribution >= 0.6 is 0 Å². The number of methoxy groups -OCH3 is 1. The molecule has 0 saturated carbocycles. The van der Waals surface area contributed by atoms with Gasteiger partial charge in [0.15, 0.2) is 5.75 Å². The second kappa shape index (κ2) is 17.5. The Kier molecular flexibility index (Phi) is 10.9. The Labute approximate surface area is 365 Å². The van der Waals surface area contributed by atoms with Crippen LogP contribution < -0.4 is 20.8 Å². The van der Waals surface area contributed by atoms with E-state index in [-0.39, 0.29) is 82.1 Å². The van der Waals surface area contributed by atoms with Crippen LogP contribution in [0, 0.1) is 36.5 Å². The fraction of sp³-hybridized carbons (Fsp3) is 0.587. The summed E-state index contributed by atoms with van der Waals surface area (Å²) in [6.45, 7) is 7.13. The molecule has 2 aromatic carbocycles. The van der Waals surface area contributed by atoms with Gasteiger partial charge in [0.2, 0.25) is 0 Å². The maximum absolute atomic E-state index is 14.8. The van der Waals surface area contributed by atoms with Crippen LogP contribution in [0.2, 0.25) is 0 Å². The lowest BCUT2D eigenvalue weighted by Gasteiger charge is -2.38. The highest BCUT2D eigenvalue weighted by atomic mass is 16.7. The highest BCUT2D eigenvalue weighted by Gasteiger charge is 2.51. The van der Waals surface area contributed by atoms with Crippen LogP contribution in [-0.2, 0) is 23.8 Å². The van der Waals surface area contributed by atoms with Crippen LogP contribution in [0.25, 0.3) is 10.8 Å². The summed E-state index contributed by atoms with van der Waals surface area (Å²) >= 11 is 0. The molecule has 0 aromatic heterocycles. The Morgan fingerprint density at radius 3 is 2.34 bits per heavy atom. The lowest BCUT2D eigenvalue weighted by Crippen LogP contribution is -2.47. The molecule has 5 N–H and O–H groups in total. The van der Waals surface area contributed by atoms with E-state index in [0.29, 0.717) is 0 Å². The summed E-state index contributed by atoms with van der Waals surface area (Å²) in [6, 6.07) is 0. The van der Waals surface area contributed by atoms with Gasteiger partial charge in [0.05, 0.1) is 41.2 Å². The molecule has 1 saturated heterocycles. The van der Waals surface area contributed by atoms with Gasteiger partial charge in [-0.05, 0) is 25.8 Å². The molecular weight excluding hydrogens is 785 g/mol. The number of fused-ring (bicyclic) bond motifs is 13. The number of phenols is 2. The van der Waals surface area contributed by atoms with Crippen LogP contribution in [0.15, 0.2) is 46.1 Å². The molecule has 5 heterocycles. The van der Waals surface area contributed by atoms with Crippen molar-refractivity contribution in [2.24, 2.45) is 39.6 Å². The van der Waals surface area contributed by atoms with Crippen LogP contribution in [0.4, 0.5) is 5.69 Å². The number of rotatable bonds is 4. The molecule has 1 fully saturated rings. The van der Waals surface area contributed by atoms with E-state index in [0.717, 1.165) is 0 Å². The molecule has 1 spiro atoms. The quantitative estimate of drug-likeness (QED) is 0.208. The number of amides is 1. The Balaban J connectivity index is 1.52. The number of hydrogen-bond donors (Lipinski definition) is 5. The lowest BCUT2D eigenvalue weighted by molar-refractivity contribution is -0.160. The first-order valence-electron chi connectivity index (χ1n) is 23.6. The van der Waals surface area contributed by atoms with Crippen molar-refractivity contribution >= 4 is 34.1 Å². The number of esters is 1. The molecular formula is C46H62N4O11. The van der Waals surface area contributed by atoms with E-state index in [4.69, 9.17) is 32.2 Å². The summed E-state index contributed by atoms with van der Waals surface area (Å²) in [5.74, 6) is -9.56. The monoisotopic (exact) mass is 852 g/mol. The summed E-state index contributed by atoms with van der Waals surface area (Å²) < 4.78 is 71.4. The molecule has 7 rings (SSSR count). The number of Topliss-reactive ketones (excluding diaryl/α,β-unsaturated/α-hetero) is 1. The first-order chi connectivity index (χ1) is 31.1. The van der Waals surface area contributed by atoms with E-state index in [1.54, 1.807) is 44.7 Å². The number of phenolic OH excluding ortho intramolecular Hbond substituents is 2. The number of aromatic hydroxyl groups is 2. The van der Waals surface area contributed by atoms with E-state index in [1.165, 1.54) is 53.2 Å². The van der Waals surface area contributed by atoms with Gasteiger partial charge in [-0.3, -0.25) is 19.4 Å². The number of nitrogens with one attached hydrogen (secondary N) is 1. The van der Waals surface area contributed by atoms with Crippen molar-refractivity contribution in [2.75, 3.05) is 32.1 Å². The maximum atomic E-state index is 14.8. The summed E-state index contributed by atoms with van der Waals surface area (Å²) in [5, 5.41) is 49.9. The van der Waals surface area contributed by atoms with Crippen LogP contribution in [0.3, 0.4) is 0 Å². The fourth-order valence-electron chi connectivity index (χ4n) is 8.98. The van der Waals surface area contributed by atoms with Gasteiger partial charge in [0.25, 0.3) is 11.7 Å². The standard InChI is InChI=1S/C46H62N4O11/c1-22(2)21-50-18-16-46(17-19-50)48-34-31-32-39(54)28(8)42-33(31)43(56)45(10,61-42)59-20-15-30(58-11)25(5)41(60-29(9)51)27(7)38(53)26(6)37(52)23(3)13-12-14-24(4)44(57)47-36(40(32)55)35(34)49-46/h12-15,20,22-23,25-27,30,37-38,41,48,52-55H,16-19,21H2,1-11H3/b13-12+,20-15+,24-14-,47-36?/t23-,25-,26-,27-,30+,37-,38-,41-,45?/m0/s1/i1D3,2D3. The van der Waals surface area contributed by atoms with Gasteiger partial charge in [-0.1, -0.05) is 59.6 Å². The topological polar surface area (TPSA) is 209 Å². The summed E-state index contributed by atoms with van der Waals surface area (Å²) in [4.78, 5) is 52.2. The van der Waals surface area contributed by atoms with E-state index in [9.17, 15) is 34.8 Å². The number of aliphatic hydroxyl groups excluding tert-OH is 2. The predicted octanol–water partition coefficient (Wildman–Crippen LogP) is 4.75. The molecule has 332 valence electrons. The zero-order valence-corrected chi connectivity index (χ0v) is 36.1. The lowest BCUT2D eigenvalue weighted by atomic mass is 9.78. The van der Waals surface area contributed by atoms with Crippen LogP contribution in [-0.4, -0.2) is 106 Å². The van der Waals surface area contributed by atoms with E-state index in [1.807, 2.05) is 0 Å². The molecule has 2 aromatic rings. The number of piperidine rings is 1. The van der Waals surface area contributed by atoms with Gasteiger partial charge in [-0.25, -0.2) is 4.99 Å². The van der Waals surface area contributed by atoms with E-state index in [2.05, 4.69) is 10.3 Å². The van der Waals surface area contributed by atoms with Gasteiger partial charge in [-0.2, -0.15) is 0 Å². The fourth-order valence-corrected chi connectivity index (χ4v) is 8.98. The maximum Gasteiger partial charge on any atom is 0.312 e. The molecule has 61 heavy (non-hydrogen) atoms. The third-order valence-corrected chi connectivity index (χ3v) is 12.7. The Morgan fingerprint density at radius 1 is 1.02 bits per heavy atom. The summed E-state index contributed by atoms with van der Waals surface area (Å²) in [5.41, 5.74) is -0.926. The number of benzene rings is 2. The van der Waals surface area contributed by atoms with Crippen molar-refractivity contribution in [3.63, 3.8) is 0 Å². The number of allylic oxidation sites excluding steroid dienone is 2. The average Bonchev–Trinajstić information content (AvgIpc) is 3.75. The summed E-state index contributed by atoms with van der Waals surface area (Å²) in [6.07, 6.45) is 3.77. The third-order valence-electron chi connectivity index (χ3n) is 12.7. The minimum Gasteiger partial charge on any atom is -0.507 e. The number of likely N-dealkylation sites (tertiary alicyclic amines) is 1. The van der Waals surface area contributed by atoms with Crippen molar-refractivity contribution in [2.45, 2.75) is 118 Å². The Morgan fingerprint density at radius 2 is 1.70 bits per heavy atom. The molecule has 0 aliphatic carbocycles. The SMILES string of the molecule is [2H]C([2H])([2H])C(CN1CCC2(CC1)N=c1c(c3c4c5c(C)c(O)c3c(O)c1=NC(=O)/C(C)=C\C=C\[C@H](C)[C@H](O)[C@H](C)[C@H](O)[C@H](C)[C@@H](OC(C)=O)[C@@H](C)[C@H](OC)/C=C/OC(C)(O5)C4=O)N2)C([2H])([2H])[2H]. The van der Waals surface area contributed by atoms with Gasteiger partial charge in [0, 0.05) is 102 Å². The van der Waals surface area contributed by atoms with Crippen molar-refractivity contribution in [1.29, 1.82) is 0 Å². The van der Waals surface area contributed by atoms with Gasteiger partial charge in [0.1, 0.15) is 34.0 Å². The van der Waals surface area contributed by atoms with E-state index >= 15 is 0 Å². The molecule has 15 heteroatoms. The first kappa shape index (κ1) is 37.9. The van der Waals surface area contributed by atoms with Gasteiger partial charge >= 0.3 is 11.8 Å². The van der Waals surface area contributed by atoms with Crippen LogP contribution in [0.5, 0.6) is 17.2 Å².